The van der Waals surface area contributed by atoms with Crippen molar-refractivity contribution in [3.63, 3.8) is 0 Å². The second-order valence-corrected chi connectivity index (χ2v) is 5.88. The molecule has 9 heteroatoms. The summed E-state index contributed by atoms with van der Waals surface area (Å²) in [6.07, 6.45) is 6.21. The first-order chi connectivity index (χ1) is 12.7. The predicted molar refractivity (Wildman–Crippen MR) is 101 cm³/mol. The fourth-order valence-electron chi connectivity index (χ4n) is 2.31. The largest absolute Gasteiger partial charge is 0.394 e. The van der Waals surface area contributed by atoms with Gasteiger partial charge in [0.2, 0.25) is 5.95 Å². The lowest BCUT2D eigenvalue weighted by Gasteiger charge is -2.10. The normalized spacial score (nSPS) is 10.5. The number of aromatic nitrogens is 4. The van der Waals surface area contributed by atoms with Crippen LogP contribution in [0, 0.1) is 5.41 Å². The Kier molecular flexibility index (Phi) is 5.77. The fourth-order valence-corrected chi connectivity index (χ4v) is 2.47. The number of halogens is 1. The number of aliphatic hydroxyl groups excluding tert-OH is 1. The molecule has 0 aliphatic carbocycles. The maximum absolute atomic E-state index is 8.93. The molecule has 3 rings (SSSR count). The molecule has 0 bridgehead atoms. The quantitative estimate of drug-likeness (QED) is 0.453. The molecule has 4 N–H and O–H groups in total. The van der Waals surface area contributed by atoms with Crippen LogP contribution in [0.25, 0.3) is 0 Å². The van der Waals surface area contributed by atoms with Crippen LogP contribution in [0.2, 0.25) is 5.02 Å². The fraction of sp³-hybridized carbons (Fsp3) is 0.176. The minimum atomic E-state index is 0.0197. The van der Waals surface area contributed by atoms with Crippen LogP contribution in [0.3, 0.4) is 0 Å². The molecule has 0 amide bonds. The average molecular weight is 372 g/mol. The van der Waals surface area contributed by atoms with Crippen LogP contribution >= 0.6 is 11.6 Å². The lowest BCUT2D eigenvalue weighted by molar-refractivity contribution is 0.269. The third-order valence-electron chi connectivity index (χ3n) is 3.54. The van der Waals surface area contributed by atoms with Crippen molar-refractivity contribution >= 4 is 35.3 Å². The lowest BCUT2D eigenvalue weighted by Crippen LogP contribution is -2.05. The standard InChI is InChI=1S/C17H18ClN7O/c18-15-10-21-17(23-14-9-22-25(11-14)4-5-26)24-16(15)20-8-13-3-1-2-12(6-13)7-19/h1-3,6-7,9-11,19,26H,4-5,8H2,(H2,20,21,23,24). The molecule has 0 fully saturated rings. The second kappa shape index (κ2) is 8.41. The Balaban J connectivity index is 1.69. The molecule has 0 unspecified atom stereocenters. The number of hydrogen-bond acceptors (Lipinski definition) is 7. The van der Waals surface area contributed by atoms with Gasteiger partial charge in [-0.2, -0.15) is 10.1 Å². The molecular formula is C17H18ClN7O. The highest BCUT2D eigenvalue weighted by Crippen LogP contribution is 2.22. The molecule has 2 aromatic heterocycles. The lowest BCUT2D eigenvalue weighted by atomic mass is 10.1. The number of anilines is 3. The first-order valence-corrected chi connectivity index (χ1v) is 8.32. The van der Waals surface area contributed by atoms with Gasteiger partial charge in [0.25, 0.3) is 0 Å². The highest BCUT2D eigenvalue weighted by atomic mass is 35.5. The third-order valence-corrected chi connectivity index (χ3v) is 3.82. The summed E-state index contributed by atoms with van der Waals surface area (Å²) in [7, 11) is 0. The molecule has 0 radical (unpaired) electrons. The van der Waals surface area contributed by atoms with E-state index < -0.39 is 0 Å². The van der Waals surface area contributed by atoms with Crippen molar-refractivity contribution in [1.29, 1.82) is 5.41 Å². The summed E-state index contributed by atoms with van der Waals surface area (Å²) in [5.41, 5.74) is 2.56. The van der Waals surface area contributed by atoms with E-state index in [0.717, 1.165) is 11.1 Å². The van der Waals surface area contributed by atoms with Gasteiger partial charge >= 0.3 is 0 Å². The molecule has 0 atom stereocenters. The van der Waals surface area contributed by atoms with Crippen molar-refractivity contribution < 1.29 is 5.11 Å². The molecule has 26 heavy (non-hydrogen) atoms. The summed E-state index contributed by atoms with van der Waals surface area (Å²) in [5, 5.41) is 27.0. The maximum Gasteiger partial charge on any atom is 0.229 e. The smallest absolute Gasteiger partial charge is 0.229 e. The second-order valence-electron chi connectivity index (χ2n) is 5.47. The van der Waals surface area contributed by atoms with Crippen molar-refractivity contribution in [3.8, 4) is 0 Å². The van der Waals surface area contributed by atoms with E-state index in [9.17, 15) is 0 Å². The number of aliphatic hydroxyl groups is 1. The Bertz CT molecular complexity index is 896. The van der Waals surface area contributed by atoms with E-state index in [-0.39, 0.29) is 6.61 Å². The number of nitrogens with one attached hydrogen (secondary N) is 3. The molecule has 0 aliphatic heterocycles. The van der Waals surface area contributed by atoms with E-state index in [1.807, 2.05) is 24.3 Å². The van der Waals surface area contributed by atoms with Crippen LogP contribution in [0.1, 0.15) is 11.1 Å². The van der Waals surface area contributed by atoms with E-state index in [0.29, 0.717) is 35.6 Å². The number of hydrogen-bond donors (Lipinski definition) is 4. The van der Waals surface area contributed by atoms with Gasteiger partial charge in [-0.1, -0.05) is 29.8 Å². The highest BCUT2D eigenvalue weighted by molar-refractivity contribution is 6.32. The Morgan fingerprint density at radius 1 is 1.31 bits per heavy atom. The third kappa shape index (κ3) is 4.56. The Labute approximate surface area is 155 Å². The molecular weight excluding hydrogens is 354 g/mol. The minimum Gasteiger partial charge on any atom is -0.394 e. The van der Waals surface area contributed by atoms with Crippen molar-refractivity contribution in [1.82, 2.24) is 19.7 Å². The van der Waals surface area contributed by atoms with Gasteiger partial charge in [-0.3, -0.25) is 4.68 Å². The van der Waals surface area contributed by atoms with Gasteiger partial charge in [-0.15, -0.1) is 0 Å². The van der Waals surface area contributed by atoms with Gasteiger partial charge in [0.05, 0.1) is 31.2 Å². The zero-order chi connectivity index (χ0) is 18.4. The maximum atomic E-state index is 8.93. The molecule has 134 valence electrons. The molecule has 0 saturated carbocycles. The van der Waals surface area contributed by atoms with Crippen LogP contribution < -0.4 is 10.6 Å². The van der Waals surface area contributed by atoms with E-state index in [4.69, 9.17) is 22.1 Å². The van der Waals surface area contributed by atoms with Crippen LogP contribution in [-0.4, -0.2) is 37.7 Å². The Hall–Kier alpha value is -2.97. The van der Waals surface area contributed by atoms with Crippen LogP contribution in [-0.2, 0) is 13.1 Å². The molecule has 2 heterocycles. The predicted octanol–water partition coefficient (Wildman–Crippen LogP) is 2.67. The van der Waals surface area contributed by atoms with Gasteiger partial charge in [-0.05, 0) is 17.2 Å². The summed E-state index contributed by atoms with van der Waals surface area (Å²) in [6.45, 7) is 0.961. The summed E-state index contributed by atoms with van der Waals surface area (Å²) in [6, 6.07) is 7.65. The van der Waals surface area contributed by atoms with Crippen molar-refractivity contribution in [3.05, 3.63) is 59.0 Å². The zero-order valence-corrected chi connectivity index (χ0v) is 14.6. The topological polar surface area (TPSA) is 112 Å². The van der Waals surface area contributed by atoms with Crippen molar-refractivity contribution in [2.24, 2.45) is 0 Å². The Morgan fingerprint density at radius 3 is 3.00 bits per heavy atom. The van der Waals surface area contributed by atoms with Gasteiger partial charge in [0.1, 0.15) is 5.02 Å². The SMILES string of the molecule is N=Cc1cccc(CNc2nc(Nc3cnn(CCO)c3)ncc2Cl)c1. The molecule has 1 aromatic carbocycles. The Morgan fingerprint density at radius 2 is 2.19 bits per heavy atom. The van der Waals surface area contributed by atoms with Gasteiger partial charge in [-0.25, -0.2) is 4.98 Å². The van der Waals surface area contributed by atoms with Crippen molar-refractivity contribution in [2.75, 3.05) is 17.2 Å². The van der Waals surface area contributed by atoms with Crippen LogP contribution in [0.4, 0.5) is 17.5 Å². The van der Waals surface area contributed by atoms with Gasteiger partial charge < -0.3 is 21.1 Å². The average Bonchev–Trinajstić information content (AvgIpc) is 3.09. The van der Waals surface area contributed by atoms with Crippen LogP contribution in [0.15, 0.2) is 42.9 Å². The first kappa shape index (κ1) is 17.8. The van der Waals surface area contributed by atoms with E-state index in [1.165, 1.54) is 12.4 Å². The zero-order valence-electron chi connectivity index (χ0n) is 13.9. The highest BCUT2D eigenvalue weighted by Gasteiger charge is 2.07. The van der Waals surface area contributed by atoms with E-state index in [2.05, 4.69) is 25.7 Å². The number of nitrogens with zero attached hydrogens (tertiary/aromatic N) is 4. The van der Waals surface area contributed by atoms with E-state index in [1.54, 1.807) is 17.1 Å². The molecule has 0 saturated heterocycles. The molecule has 0 aliphatic rings. The van der Waals surface area contributed by atoms with Gasteiger partial charge in [0, 0.05) is 19.0 Å². The minimum absolute atomic E-state index is 0.0197. The van der Waals surface area contributed by atoms with E-state index >= 15 is 0 Å². The molecule has 3 aromatic rings. The summed E-state index contributed by atoms with van der Waals surface area (Å²) >= 11 is 6.17. The van der Waals surface area contributed by atoms with Crippen LogP contribution in [0.5, 0.6) is 0 Å². The molecule has 0 spiro atoms. The first-order valence-electron chi connectivity index (χ1n) is 7.94. The number of rotatable bonds is 8. The van der Waals surface area contributed by atoms with Crippen molar-refractivity contribution in [2.45, 2.75) is 13.1 Å². The van der Waals surface area contributed by atoms with Gasteiger partial charge in [0.15, 0.2) is 5.82 Å². The summed E-state index contributed by atoms with van der Waals surface area (Å²) < 4.78 is 1.62. The molecule has 8 nitrogen and oxygen atoms in total. The summed E-state index contributed by atoms with van der Waals surface area (Å²) in [4.78, 5) is 8.55. The summed E-state index contributed by atoms with van der Waals surface area (Å²) in [5.74, 6) is 0.890. The monoisotopic (exact) mass is 371 g/mol. The number of benzene rings is 1.